The summed E-state index contributed by atoms with van der Waals surface area (Å²) in [5, 5.41) is 11.4. The van der Waals surface area contributed by atoms with Crippen LogP contribution < -0.4 is 10.9 Å². The van der Waals surface area contributed by atoms with Gasteiger partial charge in [0.15, 0.2) is 0 Å². The fourth-order valence-corrected chi connectivity index (χ4v) is 2.04. The van der Waals surface area contributed by atoms with Crippen LogP contribution in [0.5, 0.6) is 0 Å². The average molecular weight is 330 g/mol. The Bertz CT molecular complexity index is 527. The third-order valence-electron chi connectivity index (χ3n) is 2.40. The minimum atomic E-state index is -0.454. The topological polar surface area (TPSA) is 74.6 Å². The molecule has 0 aliphatic carbocycles. The molecular formula is C12H16BrN3O3. The van der Waals surface area contributed by atoms with Crippen molar-refractivity contribution in [2.45, 2.75) is 0 Å². The number of aromatic nitrogens is 1. The van der Waals surface area contributed by atoms with Crippen LogP contribution in [-0.4, -0.2) is 40.3 Å². The van der Waals surface area contributed by atoms with Crippen molar-refractivity contribution >= 4 is 27.6 Å². The summed E-state index contributed by atoms with van der Waals surface area (Å²) in [5.41, 5.74) is -0.132. The van der Waals surface area contributed by atoms with E-state index in [-0.39, 0.29) is 24.4 Å². The molecule has 0 aliphatic heterocycles. The van der Waals surface area contributed by atoms with Gasteiger partial charge in [-0.2, -0.15) is 0 Å². The van der Waals surface area contributed by atoms with Crippen molar-refractivity contribution in [3.63, 3.8) is 0 Å². The van der Waals surface area contributed by atoms with Gasteiger partial charge in [0.05, 0.1) is 6.61 Å². The molecule has 0 fully saturated rings. The quantitative estimate of drug-likeness (QED) is 0.796. The monoisotopic (exact) mass is 329 g/mol. The minimum Gasteiger partial charge on any atom is -0.395 e. The van der Waals surface area contributed by atoms with Crippen LogP contribution in [0.15, 0.2) is 34.2 Å². The van der Waals surface area contributed by atoms with Crippen molar-refractivity contribution in [3.05, 3.63) is 39.7 Å². The van der Waals surface area contributed by atoms with Crippen molar-refractivity contribution < 1.29 is 9.90 Å². The lowest BCUT2D eigenvalue weighted by Crippen LogP contribution is -2.38. The molecule has 1 heterocycles. The number of nitrogens with one attached hydrogen (secondary N) is 1. The zero-order chi connectivity index (χ0) is 14.4. The van der Waals surface area contributed by atoms with Crippen LogP contribution in [0.25, 0.3) is 0 Å². The van der Waals surface area contributed by atoms with Crippen LogP contribution in [0, 0.1) is 0 Å². The van der Waals surface area contributed by atoms with Gasteiger partial charge in [0, 0.05) is 30.8 Å². The highest BCUT2D eigenvalue weighted by molar-refractivity contribution is 9.10. The van der Waals surface area contributed by atoms with Gasteiger partial charge in [-0.05, 0) is 22.0 Å². The first-order chi connectivity index (χ1) is 8.99. The van der Waals surface area contributed by atoms with E-state index in [0.717, 1.165) is 0 Å². The number of hydrogen-bond acceptors (Lipinski definition) is 3. The lowest BCUT2D eigenvalue weighted by atomic mass is 10.4. The summed E-state index contributed by atoms with van der Waals surface area (Å²) in [5.74, 6) is 0. The van der Waals surface area contributed by atoms with Gasteiger partial charge in [-0.1, -0.05) is 6.08 Å². The molecule has 1 rings (SSSR count). The standard InChI is InChI=1S/C12H16BrN3O3/c1-3-4-16(5-6-17)12(19)14-10-7-9(13)8-15(2)11(10)18/h3,7-8,17H,1,4-6H2,2H3,(H,14,19). The van der Waals surface area contributed by atoms with Crippen LogP contribution in [0.1, 0.15) is 0 Å². The Labute approximate surface area is 119 Å². The molecule has 1 aromatic heterocycles. The van der Waals surface area contributed by atoms with E-state index in [1.807, 2.05) is 0 Å². The number of urea groups is 1. The van der Waals surface area contributed by atoms with Gasteiger partial charge in [-0.15, -0.1) is 6.58 Å². The number of amides is 2. The van der Waals surface area contributed by atoms with E-state index in [4.69, 9.17) is 5.11 Å². The maximum atomic E-state index is 12.0. The number of carbonyl (C=O) groups is 1. The fourth-order valence-electron chi connectivity index (χ4n) is 1.51. The zero-order valence-electron chi connectivity index (χ0n) is 10.6. The molecule has 104 valence electrons. The Kier molecular flexibility index (Phi) is 5.78. The first-order valence-electron chi connectivity index (χ1n) is 5.63. The van der Waals surface area contributed by atoms with E-state index in [1.165, 1.54) is 15.5 Å². The SMILES string of the molecule is C=CCN(CCO)C(=O)Nc1cc(Br)cn(C)c1=O. The average Bonchev–Trinajstić information content (AvgIpc) is 2.35. The van der Waals surface area contributed by atoms with Crippen molar-refractivity contribution in [1.82, 2.24) is 9.47 Å². The third kappa shape index (κ3) is 4.22. The minimum absolute atomic E-state index is 0.155. The first kappa shape index (κ1) is 15.5. The number of aliphatic hydroxyl groups is 1. The highest BCUT2D eigenvalue weighted by Gasteiger charge is 2.14. The van der Waals surface area contributed by atoms with Gasteiger partial charge in [0.25, 0.3) is 5.56 Å². The molecule has 0 atom stereocenters. The van der Waals surface area contributed by atoms with Crippen molar-refractivity contribution in [1.29, 1.82) is 0 Å². The highest BCUT2D eigenvalue weighted by Crippen LogP contribution is 2.12. The Balaban J connectivity index is 2.92. The second-order valence-electron chi connectivity index (χ2n) is 3.88. The van der Waals surface area contributed by atoms with Crippen LogP contribution in [0.4, 0.5) is 10.5 Å². The van der Waals surface area contributed by atoms with Crippen LogP contribution in [0.3, 0.4) is 0 Å². The van der Waals surface area contributed by atoms with E-state index in [9.17, 15) is 9.59 Å². The molecule has 0 saturated heterocycles. The maximum Gasteiger partial charge on any atom is 0.322 e. The first-order valence-corrected chi connectivity index (χ1v) is 6.42. The molecule has 7 heteroatoms. The third-order valence-corrected chi connectivity index (χ3v) is 2.83. The number of aliphatic hydroxyl groups excluding tert-OH is 1. The van der Waals surface area contributed by atoms with Gasteiger partial charge in [-0.3, -0.25) is 4.79 Å². The predicted octanol–water partition coefficient (Wildman–Crippen LogP) is 1.16. The van der Waals surface area contributed by atoms with Crippen molar-refractivity contribution in [2.24, 2.45) is 7.05 Å². The summed E-state index contributed by atoms with van der Waals surface area (Å²) >= 11 is 3.25. The molecule has 0 radical (unpaired) electrons. The Morgan fingerprint density at radius 1 is 1.68 bits per heavy atom. The number of nitrogens with zero attached hydrogens (tertiary/aromatic N) is 2. The summed E-state index contributed by atoms with van der Waals surface area (Å²) in [4.78, 5) is 25.1. The van der Waals surface area contributed by atoms with Crippen LogP contribution in [-0.2, 0) is 7.05 Å². The maximum absolute atomic E-state index is 12.0. The number of rotatable bonds is 5. The van der Waals surface area contributed by atoms with Gasteiger partial charge in [0.1, 0.15) is 5.69 Å². The van der Waals surface area contributed by atoms with Gasteiger partial charge >= 0.3 is 6.03 Å². The molecule has 0 spiro atoms. The molecule has 19 heavy (non-hydrogen) atoms. The van der Waals surface area contributed by atoms with E-state index < -0.39 is 6.03 Å². The molecule has 0 aliphatic rings. The number of anilines is 1. The number of carbonyl (C=O) groups excluding carboxylic acids is 1. The lowest BCUT2D eigenvalue weighted by Gasteiger charge is -2.20. The molecule has 1 aromatic rings. The highest BCUT2D eigenvalue weighted by atomic mass is 79.9. The molecule has 2 N–H and O–H groups in total. The number of aryl methyl sites for hydroxylation is 1. The normalized spacial score (nSPS) is 10.1. The van der Waals surface area contributed by atoms with Gasteiger partial charge < -0.3 is 19.9 Å². The largest absolute Gasteiger partial charge is 0.395 e. The van der Waals surface area contributed by atoms with E-state index >= 15 is 0 Å². The molecule has 6 nitrogen and oxygen atoms in total. The Morgan fingerprint density at radius 3 is 2.95 bits per heavy atom. The molecule has 0 bridgehead atoms. The second kappa shape index (κ2) is 7.10. The Hall–Kier alpha value is -1.60. The van der Waals surface area contributed by atoms with Crippen LogP contribution in [0.2, 0.25) is 0 Å². The summed E-state index contributed by atoms with van der Waals surface area (Å²) in [6.07, 6.45) is 3.15. The van der Waals surface area contributed by atoms with Gasteiger partial charge in [0.2, 0.25) is 0 Å². The van der Waals surface area contributed by atoms with E-state index in [2.05, 4.69) is 27.8 Å². The van der Waals surface area contributed by atoms with Crippen LogP contribution >= 0.6 is 15.9 Å². The summed E-state index contributed by atoms with van der Waals surface area (Å²) < 4.78 is 2.05. The van der Waals surface area contributed by atoms with Gasteiger partial charge in [-0.25, -0.2) is 4.79 Å². The molecule has 0 unspecified atom stereocenters. The Morgan fingerprint density at radius 2 is 2.37 bits per heavy atom. The zero-order valence-corrected chi connectivity index (χ0v) is 12.2. The summed E-state index contributed by atoms with van der Waals surface area (Å²) in [6, 6.07) is 1.08. The lowest BCUT2D eigenvalue weighted by molar-refractivity contribution is 0.195. The molecular weight excluding hydrogens is 314 g/mol. The number of hydrogen-bond donors (Lipinski definition) is 2. The van der Waals surface area contributed by atoms with Crippen molar-refractivity contribution in [3.8, 4) is 0 Å². The fraction of sp³-hybridized carbons (Fsp3) is 0.333. The molecule has 0 aromatic carbocycles. The number of halogens is 1. The number of pyridine rings is 1. The molecule has 2 amide bonds. The molecule has 0 saturated carbocycles. The summed E-state index contributed by atoms with van der Waals surface area (Å²) in [7, 11) is 1.60. The predicted molar refractivity (Wildman–Crippen MR) is 77.3 cm³/mol. The smallest absolute Gasteiger partial charge is 0.322 e. The second-order valence-corrected chi connectivity index (χ2v) is 4.79. The summed E-state index contributed by atoms with van der Waals surface area (Å²) in [6.45, 7) is 3.85. The van der Waals surface area contributed by atoms with E-state index in [1.54, 1.807) is 19.3 Å². The van der Waals surface area contributed by atoms with E-state index in [0.29, 0.717) is 11.0 Å². The van der Waals surface area contributed by atoms with Crippen molar-refractivity contribution in [2.75, 3.05) is 25.0 Å².